The highest BCUT2D eigenvalue weighted by molar-refractivity contribution is 8.01. The largest absolute Gasteiger partial charge is 0.347 e. The molecule has 0 fully saturated rings. The molecule has 4 rings (SSSR count). The quantitative estimate of drug-likeness (QED) is 0.553. The van der Waals surface area contributed by atoms with Gasteiger partial charge in [-0.3, -0.25) is 9.59 Å². The predicted octanol–water partition coefficient (Wildman–Crippen LogP) is 4.71. The lowest BCUT2D eigenvalue weighted by Crippen LogP contribution is -2.36. The Hall–Kier alpha value is -2.03. The fourth-order valence-electron chi connectivity index (χ4n) is 3.18. The minimum Gasteiger partial charge on any atom is -0.347 e. The van der Waals surface area contributed by atoms with Crippen LogP contribution in [0.1, 0.15) is 23.9 Å². The SMILES string of the molecule is CSCCC(NC(=O)CC1Sc2ccccc2NC1=O)c1nc2ccccc2s1. The van der Waals surface area contributed by atoms with Crippen LogP contribution in [0.5, 0.6) is 0 Å². The molecule has 8 heteroatoms. The summed E-state index contributed by atoms with van der Waals surface area (Å²) in [5, 5.41) is 6.51. The minimum absolute atomic E-state index is 0.121. The van der Waals surface area contributed by atoms with Crippen LogP contribution in [0.3, 0.4) is 0 Å². The van der Waals surface area contributed by atoms with Crippen molar-refractivity contribution in [2.24, 2.45) is 0 Å². The molecule has 1 aliphatic heterocycles. The highest BCUT2D eigenvalue weighted by atomic mass is 32.2. The van der Waals surface area contributed by atoms with E-state index >= 15 is 0 Å². The molecule has 2 unspecified atom stereocenters. The number of aromatic nitrogens is 1. The fourth-order valence-corrected chi connectivity index (χ4v) is 5.82. The Morgan fingerprint density at radius 2 is 2.03 bits per heavy atom. The normalized spacial score (nSPS) is 16.9. The number of hydrogen-bond donors (Lipinski definition) is 2. The Labute approximate surface area is 182 Å². The molecule has 0 radical (unpaired) electrons. The lowest BCUT2D eigenvalue weighted by Gasteiger charge is -2.24. The first-order valence-electron chi connectivity index (χ1n) is 9.34. The Kier molecular flexibility index (Phi) is 6.42. The molecular formula is C21H21N3O2S3. The van der Waals surface area contributed by atoms with E-state index in [2.05, 4.69) is 16.9 Å². The number of fused-ring (bicyclic) bond motifs is 2. The summed E-state index contributed by atoms with van der Waals surface area (Å²) in [5.74, 6) is 0.680. The Bertz CT molecular complexity index is 1000. The van der Waals surface area contributed by atoms with E-state index in [0.29, 0.717) is 0 Å². The lowest BCUT2D eigenvalue weighted by molar-refractivity contribution is -0.124. The number of hydrogen-bond acceptors (Lipinski definition) is 6. The number of carbonyl (C=O) groups is 2. The molecule has 1 aliphatic rings. The molecule has 150 valence electrons. The molecule has 0 saturated carbocycles. The van der Waals surface area contributed by atoms with Crippen molar-refractivity contribution >= 4 is 62.6 Å². The maximum atomic E-state index is 12.8. The maximum absolute atomic E-state index is 12.8. The molecule has 2 N–H and O–H groups in total. The van der Waals surface area contributed by atoms with Gasteiger partial charge >= 0.3 is 0 Å². The monoisotopic (exact) mass is 443 g/mol. The Morgan fingerprint density at radius 3 is 2.86 bits per heavy atom. The number of nitrogens with one attached hydrogen (secondary N) is 2. The van der Waals surface area contributed by atoms with Crippen molar-refractivity contribution < 1.29 is 9.59 Å². The fraction of sp³-hybridized carbons (Fsp3) is 0.286. The van der Waals surface area contributed by atoms with Crippen LogP contribution in [-0.2, 0) is 9.59 Å². The van der Waals surface area contributed by atoms with Crippen LogP contribution < -0.4 is 10.6 Å². The molecule has 5 nitrogen and oxygen atoms in total. The van der Waals surface area contributed by atoms with Gasteiger partial charge in [0.1, 0.15) is 5.01 Å². The van der Waals surface area contributed by atoms with Crippen molar-refractivity contribution in [3.8, 4) is 0 Å². The summed E-state index contributed by atoms with van der Waals surface area (Å²) in [7, 11) is 0. The molecule has 2 amide bonds. The van der Waals surface area contributed by atoms with Gasteiger partial charge in [-0.15, -0.1) is 23.1 Å². The van der Waals surface area contributed by atoms with E-state index in [1.807, 2.05) is 48.5 Å². The van der Waals surface area contributed by atoms with E-state index < -0.39 is 5.25 Å². The van der Waals surface area contributed by atoms with Gasteiger partial charge in [0.15, 0.2) is 0 Å². The van der Waals surface area contributed by atoms with Crippen molar-refractivity contribution in [1.82, 2.24) is 10.3 Å². The van der Waals surface area contributed by atoms with Crippen molar-refractivity contribution in [2.45, 2.75) is 29.0 Å². The van der Waals surface area contributed by atoms with Gasteiger partial charge in [0, 0.05) is 11.3 Å². The van der Waals surface area contributed by atoms with Gasteiger partial charge in [0.25, 0.3) is 0 Å². The van der Waals surface area contributed by atoms with Crippen LogP contribution in [0.15, 0.2) is 53.4 Å². The maximum Gasteiger partial charge on any atom is 0.238 e. The number of nitrogens with zero attached hydrogens (tertiary/aromatic N) is 1. The molecule has 2 atom stereocenters. The van der Waals surface area contributed by atoms with Crippen molar-refractivity contribution in [1.29, 1.82) is 0 Å². The number of rotatable bonds is 7. The van der Waals surface area contributed by atoms with Crippen LogP contribution >= 0.6 is 34.9 Å². The zero-order valence-corrected chi connectivity index (χ0v) is 18.3. The second kappa shape index (κ2) is 9.19. The summed E-state index contributed by atoms with van der Waals surface area (Å²) in [5.41, 5.74) is 1.77. The molecule has 29 heavy (non-hydrogen) atoms. The molecule has 3 aromatic rings. The van der Waals surface area contributed by atoms with Crippen molar-refractivity contribution in [2.75, 3.05) is 17.3 Å². The smallest absolute Gasteiger partial charge is 0.238 e. The predicted molar refractivity (Wildman–Crippen MR) is 123 cm³/mol. The van der Waals surface area contributed by atoms with Crippen LogP contribution in [0, 0.1) is 0 Å². The van der Waals surface area contributed by atoms with Gasteiger partial charge < -0.3 is 10.6 Å². The van der Waals surface area contributed by atoms with Crippen LogP contribution in [0.25, 0.3) is 10.2 Å². The zero-order chi connectivity index (χ0) is 20.2. The van der Waals surface area contributed by atoms with E-state index in [0.717, 1.165) is 38.0 Å². The average molecular weight is 444 g/mol. The van der Waals surface area contributed by atoms with Crippen LogP contribution in [0.4, 0.5) is 5.69 Å². The summed E-state index contributed by atoms with van der Waals surface area (Å²) in [6.45, 7) is 0. The molecule has 0 spiro atoms. The third-order valence-corrected chi connectivity index (χ3v) is 7.70. The first-order valence-corrected chi connectivity index (χ1v) is 12.4. The van der Waals surface area contributed by atoms with Gasteiger partial charge in [-0.2, -0.15) is 11.8 Å². The number of anilines is 1. The lowest BCUT2D eigenvalue weighted by atomic mass is 10.2. The highest BCUT2D eigenvalue weighted by Gasteiger charge is 2.30. The second-order valence-electron chi connectivity index (χ2n) is 6.72. The van der Waals surface area contributed by atoms with Crippen LogP contribution in [0.2, 0.25) is 0 Å². The van der Waals surface area contributed by atoms with Crippen molar-refractivity contribution in [3.63, 3.8) is 0 Å². The summed E-state index contributed by atoms with van der Waals surface area (Å²) < 4.78 is 1.12. The van der Waals surface area contributed by atoms with Crippen LogP contribution in [-0.4, -0.2) is 34.1 Å². The van der Waals surface area contributed by atoms with Gasteiger partial charge in [0.05, 0.1) is 27.2 Å². The van der Waals surface area contributed by atoms with Gasteiger partial charge in [-0.05, 0) is 42.7 Å². The van der Waals surface area contributed by atoms with E-state index in [-0.39, 0.29) is 24.3 Å². The second-order valence-corrected chi connectivity index (χ2v) is 10.0. The summed E-state index contributed by atoms with van der Waals surface area (Å²) >= 11 is 4.81. The first-order chi connectivity index (χ1) is 14.1. The summed E-state index contributed by atoms with van der Waals surface area (Å²) in [4.78, 5) is 30.9. The number of thiazole rings is 1. The molecule has 2 heterocycles. The standard InChI is InChI=1S/C21H21N3O2S3/c1-27-11-10-15(21-24-14-7-3-5-9-17(14)29-21)22-19(25)12-18-20(26)23-13-6-2-4-8-16(13)28-18/h2-9,15,18H,10-12H2,1H3,(H,22,25)(H,23,26). The number of carbonyl (C=O) groups excluding carboxylic acids is 2. The van der Waals surface area contributed by atoms with E-state index in [1.54, 1.807) is 23.1 Å². The van der Waals surface area contributed by atoms with E-state index in [9.17, 15) is 9.59 Å². The number of amides is 2. The minimum atomic E-state index is -0.429. The topological polar surface area (TPSA) is 71.1 Å². The highest BCUT2D eigenvalue weighted by Crippen LogP contribution is 2.37. The first kappa shape index (κ1) is 20.3. The molecule has 0 aliphatic carbocycles. The molecule has 0 bridgehead atoms. The summed E-state index contributed by atoms with van der Waals surface area (Å²) in [6, 6.07) is 15.5. The molecule has 0 saturated heterocycles. The molecular weight excluding hydrogens is 422 g/mol. The molecule has 1 aromatic heterocycles. The number of thioether (sulfide) groups is 2. The Balaban J connectivity index is 1.46. The van der Waals surface area contributed by atoms with E-state index in [4.69, 9.17) is 4.98 Å². The van der Waals surface area contributed by atoms with Gasteiger partial charge in [-0.1, -0.05) is 24.3 Å². The number of benzene rings is 2. The molecule has 2 aromatic carbocycles. The third kappa shape index (κ3) is 4.76. The Morgan fingerprint density at radius 1 is 1.24 bits per heavy atom. The number of para-hydroxylation sites is 2. The zero-order valence-electron chi connectivity index (χ0n) is 15.9. The van der Waals surface area contributed by atoms with Gasteiger partial charge in [-0.25, -0.2) is 4.98 Å². The van der Waals surface area contributed by atoms with Crippen molar-refractivity contribution in [3.05, 3.63) is 53.5 Å². The average Bonchev–Trinajstić information content (AvgIpc) is 3.16. The summed E-state index contributed by atoms with van der Waals surface area (Å²) in [6.07, 6.45) is 3.00. The van der Waals surface area contributed by atoms with Gasteiger partial charge in [0.2, 0.25) is 11.8 Å². The third-order valence-electron chi connectivity index (χ3n) is 4.63. The van der Waals surface area contributed by atoms with E-state index in [1.165, 1.54) is 11.8 Å².